The van der Waals surface area contributed by atoms with Crippen LogP contribution < -0.4 is 23.9 Å². The molecule has 0 unspecified atom stereocenters. The zero-order valence-electron chi connectivity index (χ0n) is 23.3. The fourth-order valence-corrected chi connectivity index (χ4v) is 5.31. The summed E-state index contributed by atoms with van der Waals surface area (Å²) in [5.41, 5.74) is 5.35. The van der Waals surface area contributed by atoms with E-state index in [0.717, 1.165) is 22.0 Å². The first kappa shape index (κ1) is 30.1. The van der Waals surface area contributed by atoms with E-state index in [9.17, 15) is 17.6 Å². The Morgan fingerprint density at radius 1 is 0.905 bits per heavy atom. The molecule has 9 nitrogen and oxygen atoms in total. The van der Waals surface area contributed by atoms with E-state index in [-0.39, 0.29) is 16.3 Å². The lowest BCUT2D eigenvalue weighted by Crippen LogP contribution is -2.39. The fraction of sp³-hybridized carbons (Fsp3) is 0.161. The van der Waals surface area contributed by atoms with Gasteiger partial charge in [0.15, 0.2) is 11.5 Å². The summed E-state index contributed by atoms with van der Waals surface area (Å²) in [7, 11) is -1.48. The summed E-state index contributed by atoms with van der Waals surface area (Å²) in [6, 6.07) is 24.0. The van der Waals surface area contributed by atoms with Crippen LogP contribution in [0, 0.1) is 12.7 Å². The van der Waals surface area contributed by atoms with E-state index in [4.69, 9.17) is 14.2 Å². The molecule has 0 saturated heterocycles. The molecule has 42 heavy (non-hydrogen) atoms. The van der Waals surface area contributed by atoms with Gasteiger partial charge in [-0.2, -0.15) is 5.10 Å². The molecule has 0 saturated carbocycles. The zero-order chi connectivity index (χ0) is 30.1. The number of aryl methyl sites for hydroxylation is 1. The van der Waals surface area contributed by atoms with Crippen LogP contribution in [0.5, 0.6) is 17.2 Å². The van der Waals surface area contributed by atoms with Crippen LogP contribution in [0.2, 0.25) is 0 Å². The normalized spacial score (nSPS) is 11.2. The molecule has 218 valence electrons. The molecule has 4 rings (SSSR count). The fourth-order valence-electron chi connectivity index (χ4n) is 3.87. The van der Waals surface area contributed by atoms with Crippen LogP contribution in [-0.2, 0) is 21.4 Å². The van der Waals surface area contributed by atoms with Crippen molar-refractivity contribution in [2.24, 2.45) is 5.10 Å². The Kier molecular flexibility index (Phi) is 9.77. The van der Waals surface area contributed by atoms with Gasteiger partial charge in [0.25, 0.3) is 15.9 Å². The number of nitrogens with zero attached hydrogens (tertiary/aromatic N) is 2. The predicted octanol–water partition coefficient (Wildman–Crippen LogP) is 5.08. The largest absolute Gasteiger partial charge is 0.493 e. The minimum atomic E-state index is -4.28. The molecular formula is C31H30FN3O6S. The van der Waals surface area contributed by atoms with E-state index >= 15 is 0 Å². The third-order valence-electron chi connectivity index (χ3n) is 6.15. The number of hydrazone groups is 1. The molecular weight excluding hydrogens is 561 g/mol. The molecule has 0 aromatic heterocycles. The maximum Gasteiger partial charge on any atom is 0.264 e. The van der Waals surface area contributed by atoms with Gasteiger partial charge in [0.05, 0.1) is 31.0 Å². The molecule has 0 bridgehead atoms. The number of hydrogen-bond acceptors (Lipinski definition) is 7. The van der Waals surface area contributed by atoms with Crippen LogP contribution in [0.1, 0.15) is 16.7 Å². The highest BCUT2D eigenvalue weighted by atomic mass is 32.2. The zero-order valence-corrected chi connectivity index (χ0v) is 24.1. The first-order valence-electron chi connectivity index (χ1n) is 12.8. The van der Waals surface area contributed by atoms with E-state index in [1.165, 1.54) is 56.3 Å². The minimum absolute atomic E-state index is 0.0894. The molecule has 0 aliphatic carbocycles. The molecule has 4 aromatic carbocycles. The average molecular weight is 592 g/mol. The highest BCUT2D eigenvalue weighted by Crippen LogP contribution is 2.32. The number of benzene rings is 4. The van der Waals surface area contributed by atoms with Crippen molar-refractivity contribution in [2.75, 3.05) is 25.1 Å². The Hall–Kier alpha value is -4.90. The lowest BCUT2D eigenvalue weighted by Gasteiger charge is -2.24. The lowest BCUT2D eigenvalue weighted by atomic mass is 10.2. The monoisotopic (exact) mass is 591 g/mol. The molecule has 0 atom stereocenters. The van der Waals surface area contributed by atoms with Gasteiger partial charge in [-0.1, -0.05) is 29.8 Å². The average Bonchev–Trinajstić information content (AvgIpc) is 3.00. The van der Waals surface area contributed by atoms with Crippen molar-refractivity contribution in [2.45, 2.75) is 18.4 Å². The summed E-state index contributed by atoms with van der Waals surface area (Å²) in [6.45, 7) is 1.84. The van der Waals surface area contributed by atoms with E-state index in [1.54, 1.807) is 24.3 Å². The van der Waals surface area contributed by atoms with Crippen molar-refractivity contribution in [3.63, 3.8) is 0 Å². The van der Waals surface area contributed by atoms with Crippen LogP contribution in [-0.4, -0.2) is 41.3 Å². The van der Waals surface area contributed by atoms with Crippen molar-refractivity contribution in [3.05, 3.63) is 114 Å². The van der Waals surface area contributed by atoms with Gasteiger partial charge in [0.2, 0.25) is 0 Å². The Balaban J connectivity index is 1.44. The number of halogens is 1. The highest BCUT2D eigenvalue weighted by Gasteiger charge is 2.28. The summed E-state index contributed by atoms with van der Waals surface area (Å²) in [5, 5.41) is 3.96. The Labute approximate surface area is 244 Å². The van der Waals surface area contributed by atoms with Crippen molar-refractivity contribution >= 4 is 27.8 Å². The first-order valence-corrected chi connectivity index (χ1v) is 14.2. The summed E-state index contributed by atoms with van der Waals surface area (Å²) in [5.74, 6) is -0.0615. The number of rotatable bonds is 12. The number of hydrogen-bond donors (Lipinski definition) is 1. The molecule has 0 spiro atoms. The summed E-state index contributed by atoms with van der Waals surface area (Å²) in [4.78, 5) is 12.7. The maximum absolute atomic E-state index is 13.6. The van der Waals surface area contributed by atoms with Crippen LogP contribution in [0.15, 0.2) is 101 Å². The number of carbonyl (C=O) groups is 1. The lowest BCUT2D eigenvalue weighted by molar-refractivity contribution is -0.119. The molecule has 0 radical (unpaired) electrons. The Morgan fingerprint density at radius 2 is 1.57 bits per heavy atom. The van der Waals surface area contributed by atoms with Gasteiger partial charge in [0.1, 0.15) is 24.7 Å². The van der Waals surface area contributed by atoms with Crippen molar-refractivity contribution in [1.29, 1.82) is 0 Å². The first-order chi connectivity index (χ1) is 20.2. The van der Waals surface area contributed by atoms with Gasteiger partial charge in [-0.05, 0) is 78.7 Å². The smallest absolute Gasteiger partial charge is 0.264 e. The van der Waals surface area contributed by atoms with Crippen molar-refractivity contribution in [1.82, 2.24) is 5.43 Å². The quantitative estimate of drug-likeness (QED) is 0.182. The number of amides is 1. The second kappa shape index (κ2) is 13.6. The number of methoxy groups -OCH3 is 2. The summed E-state index contributed by atoms with van der Waals surface area (Å²) in [6.07, 6.45) is 1.42. The van der Waals surface area contributed by atoms with E-state index in [2.05, 4.69) is 10.5 Å². The van der Waals surface area contributed by atoms with Gasteiger partial charge in [-0.15, -0.1) is 0 Å². The molecule has 0 aliphatic rings. The second-order valence-corrected chi connectivity index (χ2v) is 11.0. The maximum atomic E-state index is 13.6. The van der Waals surface area contributed by atoms with Gasteiger partial charge in [0, 0.05) is 6.07 Å². The number of sulfonamides is 1. The molecule has 0 fully saturated rings. The van der Waals surface area contributed by atoms with Gasteiger partial charge < -0.3 is 14.2 Å². The molecule has 1 amide bonds. The minimum Gasteiger partial charge on any atom is -0.493 e. The van der Waals surface area contributed by atoms with E-state index in [0.29, 0.717) is 23.7 Å². The number of nitrogens with one attached hydrogen (secondary N) is 1. The van der Waals surface area contributed by atoms with Crippen LogP contribution in [0.3, 0.4) is 0 Å². The Morgan fingerprint density at radius 3 is 2.21 bits per heavy atom. The second-order valence-electron chi connectivity index (χ2n) is 9.14. The molecule has 4 aromatic rings. The molecule has 1 N–H and O–H groups in total. The third kappa shape index (κ3) is 7.64. The van der Waals surface area contributed by atoms with Gasteiger partial charge >= 0.3 is 0 Å². The molecule has 11 heteroatoms. The van der Waals surface area contributed by atoms with Crippen LogP contribution >= 0.6 is 0 Å². The summed E-state index contributed by atoms with van der Waals surface area (Å²) >= 11 is 0. The standard InChI is InChI=1S/C31H30FN3O6S/c1-22-4-6-24(7-5-22)21-41-27-14-8-23(9-15-27)19-33-34-31(36)20-35(26-12-10-25(32)11-13-26)42(37,38)28-16-17-29(39-2)30(18-28)40-3/h4-19H,20-21H2,1-3H3,(H,34,36)/b33-19-. The van der Waals surface area contributed by atoms with Crippen molar-refractivity contribution < 1.29 is 31.8 Å². The number of ether oxygens (including phenoxy) is 3. The number of carbonyl (C=O) groups excluding carboxylic acids is 1. The van der Waals surface area contributed by atoms with Crippen molar-refractivity contribution in [3.8, 4) is 17.2 Å². The number of anilines is 1. The summed E-state index contributed by atoms with van der Waals surface area (Å²) < 4.78 is 57.9. The third-order valence-corrected chi connectivity index (χ3v) is 7.92. The predicted molar refractivity (Wildman–Crippen MR) is 158 cm³/mol. The SMILES string of the molecule is COc1ccc(S(=O)(=O)N(CC(=O)N/N=C\c2ccc(OCc3ccc(C)cc3)cc2)c2ccc(F)cc2)cc1OC. The highest BCUT2D eigenvalue weighted by molar-refractivity contribution is 7.92. The van der Waals surface area contributed by atoms with E-state index < -0.39 is 28.3 Å². The van der Waals surface area contributed by atoms with Crippen LogP contribution in [0.4, 0.5) is 10.1 Å². The van der Waals surface area contributed by atoms with Crippen LogP contribution in [0.25, 0.3) is 0 Å². The molecule has 0 aliphatic heterocycles. The topological polar surface area (TPSA) is 107 Å². The van der Waals surface area contributed by atoms with Gasteiger partial charge in [-0.3, -0.25) is 9.10 Å². The van der Waals surface area contributed by atoms with E-state index in [1.807, 2.05) is 31.2 Å². The molecule has 0 heterocycles. The Bertz CT molecular complexity index is 1640. The van der Waals surface area contributed by atoms with Gasteiger partial charge in [-0.25, -0.2) is 18.2 Å².